The average Bonchev–Trinajstić information content (AvgIpc) is 2.58. The van der Waals surface area contributed by atoms with Crippen LogP contribution in [0, 0.1) is 6.92 Å². The van der Waals surface area contributed by atoms with Crippen molar-refractivity contribution in [1.29, 1.82) is 0 Å². The van der Waals surface area contributed by atoms with Crippen LogP contribution < -0.4 is 5.56 Å². The second-order valence-corrected chi connectivity index (χ2v) is 6.21. The van der Waals surface area contributed by atoms with E-state index in [1.54, 1.807) is 13.0 Å². The molecule has 1 amide bonds. The molecule has 0 spiro atoms. The minimum atomic E-state index is -0.133. The highest BCUT2D eigenvalue weighted by Crippen LogP contribution is 2.20. The van der Waals surface area contributed by atoms with Gasteiger partial charge in [-0.15, -0.1) is 0 Å². The molecule has 2 aromatic rings. The summed E-state index contributed by atoms with van der Waals surface area (Å²) in [6.07, 6.45) is 4.26. The molecule has 2 heterocycles. The molecule has 1 aromatic heterocycles. The van der Waals surface area contributed by atoms with Crippen molar-refractivity contribution >= 4 is 16.8 Å². The predicted molar refractivity (Wildman–Crippen MR) is 90.4 cm³/mol. The van der Waals surface area contributed by atoms with Gasteiger partial charge in [-0.05, 0) is 44.7 Å². The Kier molecular flexibility index (Phi) is 4.46. The first-order valence-electron chi connectivity index (χ1n) is 8.37. The largest absolute Gasteiger partial charge is 0.338 e. The molecular formula is C18H23N3O2. The molecule has 23 heavy (non-hydrogen) atoms. The lowest BCUT2D eigenvalue weighted by Gasteiger charge is -2.35. The van der Waals surface area contributed by atoms with Crippen LogP contribution in [-0.2, 0) is 11.3 Å². The first-order valence-corrected chi connectivity index (χ1v) is 8.37. The summed E-state index contributed by atoms with van der Waals surface area (Å²) < 4.78 is 1.51. The monoisotopic (exact) mass is 313 g/mol. The van der Waals surface area contributed by atoms with Crippen molar-refractivity contribution in [3.63, 3.8) is 0 Å². The van der Waals surface area contributed by atoms with E-state index in [0.717, 1.165) is 25.8 Å². The van der Waals surface area contributed by atoms with Crippen molar-refractivity contribution in [2.24, 2.45) is 0 Å². The Bertz CT molecular complexity index is 781. The van der Waals surface area contributed by atoms with Crippen LogP contribution >= 0.6 is 0 Å². The van der Waals surface area contributed by atoms with E-state index in [-0.39, 0.29) is 18.0 Å². The average molecular weight is 313 g/mol. The summed E-state index contributed by atoms with van der Waals surface area (Å²) in [6.45, 7) is 4.78. The number of likely N-dealkylation sites (tertiary alicyclic amines) is 1. The van der Waals surface area contributed by atoms with E-state index in [9.17, 15) is 9.59 Å². The summed E-state index contributed by atoms with van der Waals surface area (Å²) in [4.78, 5) is 31.8. The van der Waals surface area contributed by atoms with E-state index in [0.29, 0.717) is 22.8 Å². The van der Waals surface area contributed by atoms with Crippen LogP contribution in [0.2, 0.25) is 0 Å². The summed E-state index contributed by atoms with van der Waals surface area (Å²) in [7, 11) is 0. The molecule has 1 aliphatic heterocycles. The van der Waals surface area contributed by atoms with E-state index in [1.807, 2.05) is 23.1 Å². The Balaban J connectivity index is 1.92. The Hall–Kier alpha value is -2.17. The van der Waals surface area contributed by atoms with Gasteiger partial charge in [0.25, 0.3) is 5.56 Å². The molecule has 1 fully saturated rings. The maximum absolute atomic E-state index is 12.7. The third-order valence-electron chi connectivity index (χ3n) is 4.76. The molecule has 0 aliphatic carbocycles. The van der Waals surface area contributed by atoms with Gasteiger partial charge in [-0.25, -0.2) is 4.98 Å². The van der Waals surface area contributed by atoms with Gasteiger partial charge in [-0.1, -0.05) is 19.1 Å². The Labute approximate surface area is 135 Å². The van der Waals surface area contributed by atoms with Crippen LogP contribution in [0.5, 0.6) is 0 Å². The van der Waals surface area contributed by atoms with Gasteiger partial charge in [-0.3, -0.25) is 14.2 Å². The Morgan fingerprint density at radius 1 is 1.30 bits per heavy atom. The van der Waals surface area contributed by atoms with Crippen LogP contribution in [-0.4, -0.2) is 32.9 Å². The van der Waals surface area contributed by atoms with Crippen LogP contribution in [0.4, 0.5) is 0 Å². The van der Waals surface area contributed by atoms with Gasteiger partial charge in [0.2, 0.25) is 5.91 Å². The maximum atomic E-state index is 12.7. The molecule has 1 aromatic carbocycles. The molecule has 0 unspecified atom stereocenters. The summed E-state index contributed by atoms with van der Waals surface area (Å²) in [5.41, 5.74) is 0.551. The van der Waals surface area contributed by atoms with Crippen molar-refractivity contribution in [2.75, 3.05) is 6.54 Å². The molecule has 0 N–H and O–H groups in total. The second kappa shape index (κ2) is 6.52. The van der Waals surface area contributed by atoms with Crippen molar-refractivity contribution in [1.82, 2.24) is 14.5 Å². The smallest absolute Gasteiger partial charge is 0.261 e. The molecule has 1 aliphatic rings. The molecule has 1 atom stereocenters. The number of amides is 1. The first kappa shape index (κ1) is 15.7. The number of hydrogen-bond acceptors (Lipinski definition) is 3. The van der Waals surface area contributed by atoms with Gasteiger partial charge in [0.15, 0.2) is 0 Å². The fourth-order valence-corrected chi connectivity index (χ4v) is 3.44. The van der Waals surface area contributed by atoms with Crippen molar-refractivity contribution in [3.05, 3.63) is 40.4 Å². The van der Waals surface area contributed by atoms with Crippen LogP contribution in [0.3, 0.4) is 0 Å². The zero-order valence-corrected chi connectivity index (χ0v) is 13.8. The predicted octanol–water partition coefficient (Wildman–Crippen LogP) is 2.50. The molecule has 5 nitrogen and oxygen atoms in total. The SMILES string of the molecule is CC[C@@H]1CCCCN1C(=O)Cn1c(C)nc2ccccc2c1=O. The fourth-order valence-electron chi connectivity index (χ4n) is 3.44. The van der Waals surface area contributed by atoms with E-state index in [1.165, 1.54) is 11.0 Å². The third kappa shape index (κ3) is 3.00. The highest BCUT2D eigenvalue weighted by Gasteiger charge is 2.26. The van der Waals surface area contributed by atoms with Gasteiger partial charge in [0.05, 0.1) is 10.9 Å². The van der Waals surface area contributed by atoms with E-state index < -0.39 is 0 Å². The number of piperidine rings is 1. The number of benzene rings is 1. The number of rotatable bonds is 3. The number of fused-ring (bicyclic) bond motifs is 1. The van der Waals surface area contributed by atoms with Crippen LogP contribution in [0.1, 0.15) is 38.4 Å². The molecular weight excluding hydrogens is 290 g/mol. The van der Waals surface area contributed by atoms with E-state index >= 15 is 0 Å². The number of carbonyl (C=O) groups excluding carboxylic acids is 1. The van der Waals surface area contributed by atoms with Gasteiger partial charge in [0.1, 0.15) is 12.4 Å². The highest BCUT2D eigenvalue weighted by atomic mass is 16.2. The highest BCUT2D eigenvalue weighted by molar-refractivity contribution is 5.79. The molecule has 0 radical (unpaired) electrons. The summed E-state index contributed by atoms with van der Waals surface area (Å²) in [6, 6.07) is 7.59. The Morgan fingerprint density at radius 3 is 2.87 bits per heavy atom. The summed E-state index contributed by atoms with van der Waals surface area (Å²) in [5.74, 6) is 0.617. The fraction of sp³-hybridized carbons (Fsp3) is 0.500. The number of para-hydroxylation sites is 1. The molecule has 1 saturated heterocycles. The summed E-state index contributed by atoms with van der Waals surface area (Å²) >= 11 is 0. The lowest BCUT2D eigenvalue weighted by Crippen LogP contribution is -2.46. The topological polar surface area (TPSA) is 55.2 Å². The summed E-state index contributed by atoms with van der Waals surface area (Å²) in [5, 5.41) is 0.566. The standard InChI is InChI=1S/C18H23N3O2/c1-3-14-8-6-7-11-20(14)17(22)12-21-13(2)19-16-10-5-4-9-15(16)18(21)23/h4-5,9-10,14H,3,6-8,11-12H2,1-2H3/t14-/m1/s1. The number of hydrogen-bond donors (Lipinski definition) is 0. The van der Waals surface area contributed by atoms with Crippen molar-refractivity contribution in [2.45, 2.75) is 52.1 Å². The molecule has 5 heteroatoms. The molecule has 0 bridgehead atoms. The second-order valence-electron chi connectivity index (χ2n) is 6.21. The number of aromatic nitrogens is 2. The third-order valence-corrected chi connectivity index (χ3v) is 4.76. The first-order chi connectivity index (χ1) is 11.1. The normalized spacial score (nSPS) is 18.3. The van der Waals surface area contributed by atoms with Crippen LogP contribution in [0.15, 0.2) is 29.1 Å². The van der Waals surface area contributed by atoms with Gasteiger partial charge in [-0.2, -0.15) is 0 Å². The molecule has 0 saturated carbocycles. The molecule has 122 valence electrons. The zero-order valence-electron chi connectivity index (χ0n) is 13.8. The Morgan fingerprint density at radius 2 is 2.09 bits per heavy atom. The van der Waals surface area contributed by atoms with E-state index in [2.05, 4.69) is 11.9 Å². The quantitative estimate of drug-likeness (QED) is 0.875. The van der Waals surface area contributed by atoms with Crippen LogP contribution in [0.25, 0.3) is 10.9 Å². The number of carbonyl (C=O) groups is 1. The van der Waals surface area contributed by atoms with Gasteiger partial charge >= 0.3 is 0 Å². The zero-order chi connectivity index (χ0) is 16.4. The minimum absolute atomic E-state index is 0.0267. The van der Waals surface area contributed by atoms with Gasteiger partial charge < -0.3 is 4.90 Å². The number of nitrogens with zero attached hydrogens (tertiary/aromatic N) is 3. The van der Waals surface area contributed by atoms with Crippen molar-refractivity contribution < 1.29 is 4.79 Å². The van der Waals surface area contributed by atoms with E-state index in [4.69, 9.17) is 0 Å². The van der Waals surface area contributed by atoms with Crippen molar-refractivity contribution in [3.8, 4) is 0 Å². The van der Waals surface area contributed by atoms with Gasteiger partial charge in [0, 0.05) is 12.6 Å². The lowest BCUT2D eigenvalue weighted by atomic mass is 10.00. The maximum Gasteiger partial charge on any atom is 0.261 e. The number of aryl methyl sites for hydroxylation is 1. The minimum Gasteiger partial charge on any atom is -0.338 e. The lowest BCUT2D eigenvalue weighted by molar-refractivity contribution is -0.135. The molecule has 3 rings (SSSR count).